The Bertz CT molecular complexity index is 789. The first-order valence-corrected chi connectivity index (χ1v) is 8.11. The minimum absolute atomic E-state index is 0.634. The summed E-state index contributed by atoms with van der Waals surface area (Å²) in [5.41, 5.74) is 7.74. The highest BCUT2D eigenvalue weighted by Gasteiger charge is 2.17. The Morgan fingerprint density at radius 3 is 2.65 bits per heavy atom. The van der Waals surface area contributed by atoms with Crippen LogP contribution in [0.15, 0.2) is 46.2 Å². The molecule has 2 N–H and O–H groups in total. The van der Waals surface area contributed by atoms with Crippen molar-refractivity contribution in [1.82, 2.24) is 9.97 Å². The van der Waals surface area contributed by atoms with E-state index in [1.807, 2.05) is 31.3 Å². The van der Waals surface area contributed by atoms with Gasteiger partial charge in [0.25, 0.3) is 0 Å². The molecule has 0 spiro atoms. The summed E-state index contributed by atoms with van der Waals surface area (Å²) in [6.07, 6.45) is 5.01. The molecule has 0 saturated carbocycles. The van der Waals surface area contributed by atoms with Crippen LogP contribution in [0.25, 0.3) is 17.5 Å². The fourth-order valence-electron chi connectivity index (χ4n) is 3.03. The lowest BCUT2D eigenvalue weighted by atomic mass is 10.0. The van der Waals surface area contributed by atoms with Crippen molar-refractivity contribution in [3.05, 3.63) is 46.9 Å². The van der Waals surface area contributed by atoms with Crippen LogP contribution in [-0.4, -0.2) is 22.3 Å². The standard InChI is InChI=1S/C19H23N3O/c1-5-14-12(3)16(21-13(14)4)10-18-19(23-6-2)11-17(22-18)15-8-7-9-20-15/h7-11,20,22H,5-6H2,1-4H3. The van der Waals surface area contributed by atoms with E-state index in [2.05, 4.69) is 36.8 Å². The lowest BCUT2D eigenvalue weighted by molar-refractivity contribution is 0.340. The van der Waals surface area contributed by atoms with Crippen molar-refractivity contribution in [1.29, 1.82) is 0 Å². The van der Waals surface area contributed by atoms with Gasteiger partial charge in [-0.1, -0.05) is 6.92 Å². The Kier molecular flexibility index (Phi) is 4.24. The van der Waals surface area contributed by atoms with Gasteiger partial charge in [-0.05, 0) is 56.5 Å². The zero-order valence-electron chi connectivity index (χ0n) is 14.2. The van der Waals surface area contributed by atoms with E-state index in [0.717, 1.165) is 40.7 Å². The summed E-state index contributed by atoms with van der Waals surface area (Å²) in [4.78, 5) is 11.4. The van der Waals surface area contributed by atoms with Crippen LogP contribution in [0, 0.1) is 0 Å². The van der Waals surface area contributed by atoms with Gasteiger partial charge in [0.15, 0.2) is 0 Å². The van der Waals surface area contributed by atoms with Crippen LogP contribution in [0.3, 0.4) is 0 Å². The molecule has 3 heterocycles. The molecule has 0 aromatic carbocycles. The van der Waals surface area contributed by atoms with Crippen LogP contribution >= 0.6 is 0 Å². The zero-order valence-corrected chi connectivity index (χ0v) is 14.2. The Labute approximate surface area is 137 Å². The molecule has 2 aromatic rings. The normalized spacial score (nSPS) is 16.3. The van der Waals surface area contributed by atoms with Crippen LogP contribution in [0.2, 0.25) is 0 Å². The van der Waals surface area contributed by atoms with Crippen LogP contribution in [-0.2, 0) is 0 Å². The first-order valence-electron chi connectivity index (χ1n) is 8.11. The Morgan fingerprint density at radius 1 is 1.22 bits per heavy atom. The van der Waals surface area contributed by atoms with Crippen LogP contribution < -0.4 is 4.74 Å². The summed E-state index contributed by atoms with van der Waals surface area (Å²) < 4.78 is 5.79. The van der Waals surface area contributed by atoms with Gasteiger partial charge in [0.1, 0.15) is 5.75 Å². The van der Waals surface area contributed by atoms with Crippen LogP contribution in [0.1, 0.15) is 39.8 Å². The van der Waals surface area contributed by atoms with Gasteiger partial charge < -0.3 is 14.7 Å². The van der Waals surface area contributed by atoms with Gasteiger partial charge in [-0.3, -0.25) is 4.99 Å². The molecule has 3 rings (SSSR count). The van der Waals surface area contributed by atoms with Gasteiger partial charge in [0.05, 0.1) is 29.4 Å². The summed E-state index contributed by atoms with van der Waals surface area (Å²) >= 11 is 0. The molecule has 0 amide bonds. The van der Waals surface area contributed by atoms with Crippen LogP contribution in [0.4, 0.5) is 0 Å². The maximum Gasteiger partial charge on any atom is 0.144 e. The van der Waals surface area contributed by atoms with Crippen molar-refractivity contribution in [2.75, 3.05) is 6.61 Å². The number of hydrogen-bond donors (Lipinski definition) is 2. The maximum atomic E-state index is 5.79. The molecule has 0 aliphatic carbocycles. The smallest absolute Gasteiger partial charge is 0.144 e. The van der Waals surface area contributed by atoms with E-state index in [1.54, 1.807) is 0 Å². The lowest BCUT2D eigenvalue weighted by Crippen LogP contribution is -1.92. The second kappa shape index (κ2) is 6.32. The molecular weight excluding hydrogens is 286 g/mol. The molecule has 0 radical (unpaired) electrons. The zero-order chi connectivity index (χ0) is 16.4. The van der Waals surface area contributed by atoms with Crippen molar-refractivity contribution in [2.45, 2.75) is 34.1 Å². The molecule has 0 unspecified atom stereocenters. The summed E-state index contributed by atoms with van der Waals surface area (Å²) in [7, 11) is 0. The lowest BCUT2D eigenvalue weighted by Gasteiger charge is -2.03. The highest BCUT2D eigenvalue weighted by atomic mass is 16.5. The quantitative estimate of drug-likeness (QED) is 0.806. The first-order chi connectivity index (χ1) is 11.1. The topological polar surface area (TPSA) is 53.2 Å². The molecule has 23 heavy (non-hydrogen) atoms. The fraction of sp³-hybridized carbons (Fsp3) is 0.316. The van der Waals surface area contributed by atoms with Gasteiger partial charge in [0.2, 0.25) is 0 Å². The van der Waals surface area contributed by atoms with E-state index in [4.69, 9.17) is 9.73 Å². The SMILES string of the molecule is CCOc1cc(-c2ccc[nH]2)[nH]c1C=C1N=C(C)C(CC)=C1C. The third-order valence-electron chi connectivity index (χ3n) is 4.19. The van der Waals surface area contributed by atoms with Gasteiger partial charge >= 0.3 is 0 Å². The number of aromatic nitrogens is 2. The summed E-state index contributed by atoms with van der Waals surface area (Å²) in [6, 6.07) is 6.06. The monoisotopic (exact) mass is 309 g/mol. The number of H-pyrrole nitrogens is 2. The van der Waals surface area contributed by atoms with Crippen LogP contribution in [0.5, 0.6) is 5.75 Å². The molecule has 1 aliphatic rings. The number of aromatic amines is 2. The number of rotatable bonds is 5. The molecular formula is C19H23N3O. The average molecular weight is 309 g/mol. The Morgan fingerprint density at radius 2 is 2.04 bits per heavy atom. The Balaban J connectivity index is 2.03. The summed E-state index contributed by atoms with van der Waals surface area (Å²) in [6.45, 7) is 9.02. The molecule has 0 fully saturated rings. The van der Waals surface area contributed by atoms with Gasteiger partial charge in [0, 0.05) is 18.0 Å². The van der Waals surface area contributed by atoms with Crippen molar-refractivity contribution in [3.8, 4) is 17.1 Å². The molecule has 0 saturated heterocycles. The molecule has 1 aliphatic heterocycles. The van der Waals surface area contributed by atoms with Crippen molar-refractivity contribution >= 4 is 11.8 Å². The predicted molar refractivity (Wildman–Crippen MR) is 95.8 cm³/mol. The average Bonchev–Trinajstić information content (AvgIpc) is 3.22. The third kappa shape index (κ3) is 2.89. The van der Waals surface area contributed by atoms with E-state index in [-0.39, 0.29) is 0 Å². The van der Waals surface area contributed by atoms with E-state index < -0.39 is 0 Å². The van der Waals surface area contributed by atoms with E-state index in [9.17, 15) is 0 Å². The fourth-order valence-corrected chi connectivity index (χ4v) is 3.03. The molecule has 0 atom stereocenters. The number of aliphatic imine (C=N–C) groups is 1. The van der Waals surface area contributed by atoms with Crippen molar-refractivity contribution < 1.29 is 4.74 Å². The largest absolute Gasteiger partial charge is 0.492 e. The van der Waals surface area contributed by atoms with Crippen molar-refractivity contribution in [2.24, 2.45) is 4.99 Å². The molecule has 2 aromatic heterocycles. The van der Waals surface area contributed by atoms with E-state index >= 15 is 0 Å². The van der Waals surface area contributed by atoms with E-state index in [1.165, 1.54) is 11.1 Å². The maximum absolute atomic E-state index is 5.79. The van der Waals surface area contributed by atoms with E-state index in [0.29, 0.717) is 6.61 Å². The summed E-state index contributed by atoms with van der Waals surface area (Å²) in [5.74, 6) is 0.857. The molecule has 4 heteroatoms. The minimum atomic E-state index is 0.634. The number of hydrogen-bond acceptors (Lipinski definition) is 2. The minimum Gasteiger partial charge on any atom is -0.492 e. The molecule has 120 valence electrons. The second-order valence-electron chi connectivity index (χ2n) is 5.66. The summed E-state index contributed by atoms with van der Waals surface area (Å²) in [5, 5.41) is 0. The van der Waals surface area contributed by atoms with Gasteiger partial charge in [-0.25, -0.2) is 0 Å². The molecule has 0 bridgehead atoms. The van der Waals surface area contributed by atoms with Gasteiger partial charge in [-0.2, -0.15) is 0 Å². The van der Waals surface area contributed by atoms with Gasteiger partial charge in [-0.15, -0.1) is 0 Å². The Hall–Kier alpha value is -2.49. The number of ether oxygens (including phenoxy) is 1. The number of nitrogens with zero attached hydrogens (tertiary/aromatic N) is 1. The first kappa shape index (κ1) is 15.4. The highest BCUT2D eigenvalue weighted by Crippen LogP contribution is 2.33. The number of allylic oxidation sites excluding steroid dienone is 2. The molecule has 4 nitrogen and oxygen atoms in total. The second-order valence-corrected chi connectivity index (χ2v) is 5.66. The third-order valence-corrected chi connectivity index (χ3v) is 4.19. The van der Waals surface area contributed by atoms with Crippen molar-refractivity contribution in [3.63, 3.8) is 0 Å². The number of nitrogens with one attached hydrogen (secondary N) is 2. The predicted octanol–water partition coefficient (Wildman–Crippen LogP) is 4.95. The highest BCUT2D eigenvalue weighted by molar-refractivity contribution is 6.03.